The molecule has 1 atom stereocenters. The van der Waals surface area contributed by atoms with Crippen LogP contribution in [0.3, 0.4) is 0 Å². The molecule has 0 bridgehead atoms. The number of urea groups is 1. The van der Waals surface area contributed by atoms with Gasteiger partial charge in [-0.3, -0.25) is 15.6 Å². The summed E-state index contributed by atoms with van der Waals surface area (Å²) >= 11 is 5.07. The number of nitrogens with two attached hydrogens (primary N) is 1. The number of primary amides is 1. The third-order valence-electron chi connectivity index (χ3n) is 3.77. The van der Waals surface area contributed by atoms with Crippen molar-refractivity contribution < 1.29 is 14.0 Å². The van der Waals surface area contributed by atoms with Gasteiger partial charge in [-0.2, -0.15) is 0 Å². The summed E-state index contributed by atoms with van der Waals surface area (Å²) in [5.74, 6) is -0.866. The molecule has 0 aromatic heterocycles. The Kier molecular flexibility index (Phi) is 6.30. The number of benzene rings is 1. The zero-order valence-electron chi connectivity index (χ0n) is 13.0. The van der Waals surface area contributed by atoms with Gasteiger partial charge >= 0.3 is 6.03 Å². The van der Waals surface area contributed by atoms with Crippen molar-refractivity contribution in [2.75, 3.05) is 13.1 Å². The number of halogens is 1. The van der Waals surface area contributed by atoms with E-state index < -0.39 is 6.03 Å². The van der Waals surface area contributed by atoms with E-state index in [9.17, 15) is 14.0 Å². The Hall–Kier alpha value is -2.42. The van der Waals surface area contributed by atoms with E-state index in [-0.39, 0.29) is 22.8 Å². The molecule has 130 valence electrons. The molecule has 24 heavy (non-hydrogen) atoms. The van der Waals surface area contributed by atoms with Gasteiger partial charge in [0.05, 0.1) is 5.92 Å². The minimum absolute atomic E-state index is 0.244. The van der Waals surface area contributed by atoms with Crippen LogP contribution in [0.25, 0.3) is 0 Å². The SMILES string of the molecule is NC(=O)N1CCC[C@H](C(=O)NNC(=S)NCc2ccc(F)cc2)C1. The molecule has 0 aliphatic carbocycles. The number of rotatable bonds is 3. The minimum atomic E-state index is -0.517. The van der Waals surface area contributed by atoms with Crippen LogP contribution in [-0.2, 0) is 11.3 Å². The monoisotopic (exact) mass is 353 g/mol. The second-order valence-corrected chi connectivity index (χ2v) is 5.96. The number of hydrazine groups is 1. The summed E-state index contributed by atoms with van der Waals surface area (Å²) in [6, 6.07) is 5.50. The Morgan fingerprint density at radius 1 is 1.29 bits per heavy atom. The van der Waals surface area contributed by atoms with Crippen LogP contribution in [0.1, 0.15) is 18.4 Å². The van der Waals surface area contributed by atoms with Crippen LogP contribution in [0.4, 0.5) is 9.18 Å². The quantitative estimate of drug-likeness (QED) is 0.471. The van der Waals surface area contributed by atoms with Crippen molar-refractivity contribution >= 4 is 29.3 Å². The molecule has 9 heteroatoms. The van der Waals surface area contributed by atoms with E-state index in [1.165, 1.54) is 17.0 Å². The maximum Gasteiger partial charge on any atom is 0.314 e. The molecule has 1 heterocycles. The molecule has 1 aliphatic heterocycles. The van der Waals surface area contributed by atoms with E-state index >= 15 is 0 Å². The number of nitrogens with zero attached hydrogens (tertiary/aromatic N) is 1. The van der Waals surface area contributed by atoms with Gasteiger partial charge < -0.3 is 16.0 Å². The topological polar surface area (TPSA) is 99.5 Å². The molecule has 2 rings (SSSR count). The fourth-order valence-corrected chi connectivity index (χ4v) is 2.56. The number of carbonyl (C=O) groups excluding carboxylic acids is 2. The van der Waals surface area contributed by atoms with E-state index in [2.05, 4.69) is 16.2 Å². The normalized spacial score (nSPS) is 17.0. The van der Waals surface area contributed by atoms with Crippen molar-refractivity contribution in [3.63, 3.8) is 0 Å². The molecule has 0 radical (unpaired) electrons. The molecule has 3 amide bonds. The van der Waals surface area contributed by atoms with E-state index in [0.717, 1.165) is 12.0 Å². The zero-order valence-corrected chi connectivity index (χ0v) is 13.9. The van der Waals surface area contributed by atoms with Crippen molar-refractivity contribution in [3.05, 3.63) is 35.6 Å². The summed E-state index contributed by atoms with van der Waals surface area (Å²) in [5, 5.41) is 3.15. The largest absolute Gasteiger partial charge is 0.357 e. The van der Waals surface area contributed by atoms with E-state index in [1.807, 2.05) is 0 Å². The smallest absolute Gasteiger partial charge is 0.314 e. The molecular weight excluding hydrogens is 333 g/mol. The number of carbonyl (C=O) groups is 2. The van der Waals surface area contributed by atoms with Crippen LogP contribution in [0.2, 0.25) is 0 Å². The predicted molar refractivity (Wildman–Crippen MR) is 91.0 cm³/mol. The van der Waals surface area contributed by atoms with Gasteiger partial charge in [0.15, 0.2) is 5.11 Å². The lowest BCUT2D eigenvalue weighted by Crippen LogP contribution is -2.52. The standard InChI is InChI=1S/C15H20FN5O2S/c16-12-5-3-10(4-6-12)8-18-15(24)20-19-13(22)11-2-1-7-21(9-11)14(17)23/h3-6,11H,1-2,7-9H2,(H2,17,23)(H,19,22)(H2,18,20,24)/t11-/m0/s1. The van der Waals surface area contributed by atoms with Gasteiger partial charge in [0.2, 0.25) is 5.91 Å². The third kappa shape index (κ3) is 5.34. The van der Waals surface area contributed by atoms with Gasteiger partial charge in [0, 0.05) is 19.6 Å². The molecule has 1 aromatic carbocycles. The molecule has 0 unspecified atom stereocenters. The summed E-state index contributed by atoms with van der Waals surface area (Å²) in [5.41, 5.74) is 11.2. The molecule has 1 fully saturated rings. The van der Waals surface area contributed by atoms with Gasteiger partial charge in [-0.15, -0.1) is 0 Å². The first-order valence-corrected chi connectivity index (χ1v) is 7.99. The number of thiocarbonyl (C=S) groups is 1. The Balaban J connectivity index is 1.71. The molecule has 1 aromatic rings. The summed E-state index contributed by atoms with van der Waals surface area (Å²) in [6.07, 6.45) is 1.42. The van der Waals surface area contributed by atoms with Crippen molar-refractivity contribution in [1.82, 2.24) is 21.1 Å². The van der Waals surface area contributed by atoms with E-state index in [1.54, 1.807) is 12.1 Å². The van der Waals surface area contributed by atoms with Crippen LogP contribution in [0.15, 0.2) is 24.3 Å². The number of likely N-dealkylation sites (tertiary alicyclic amines) is 1. The Bertz CT molecular complexity index is 610. The molecule has 5 N–H and O–H groups in total. The number of hydrogen-bond donors (Lipinski definition) is 4. The highest BCUT2D eigenvalue weighted by Gasteiger charge is 2.27. The maximum absolute atomic E-state index is 12.8. The number of nitrogens with one attached hydrogen (secondary N) is 3. The number of hydrogen-bond acceptors (Lipinski definition) is 3. The lowest BCUT2D eigenvalue weighted by Gasteiger charge is -2.30. The summed E-state index contributed by atoms with van der Waals surface area (Å²) in [4.78, 5) is 24.7. The lowest BCUT2D eigenvalue weighted by molar-refractivity contribution is -0.126. The fraction of sp³-hybridized carbons (Fsp3) is 0.400. The third-order valence-corrected chi connectivity index (χ3v) is 4.02. The second-order valence-electron chi connectivity index (χ2n) is 5.55. The summed E-state index contributed by atoms with van der Waals surface area (Å²) in [6.45, 7) is 1.28. The Morgan fingerprint density at radius 2 is 2.00 bits per heavy atom. The summed E-state index contributed by atoms with van der Waals surface area (Å²) < 4.78 is 12.8. The van der Waals surface area contributed by atoms with Crippen LogP contribution in [0.5, 0.6) is 0 Å². The zero-order chi connectivity index (χ0) is 17.5. The Labute approximate surface area is 144 Å². The first-order valence-electron chi connectivity index (χ1n) is 7.58. The first-order chi connectivity index (χ1) is 11.5. The van der Waals surface area contributed by atoms with Gasteiger partial charge in [0.25, 0.3) is 0 Å². The van der Waals surface area contributed by atoms with Crippen molar-refractivity contribution in [2.45, 2.75) is 19.4 Å². The average molecular weight is 353 g/mol. The molecule has 1 saturated heterocycles. The number of amides is 3. The van der Waals surface area contributed by atoms with Crippen LogP contribution < -0.4 is 21.9 Å². The minimum Gasteiger partial charge on any atom is -0.357 e. The number of piperidine rings is 1. The predicted octanol–water partition coefficient (Wildman–Crippen LogP) is 0.612. The summed E-state index contributed by atoms with van der Waals surface area (Å²) in [7, 11) is 0. The molecule has 7 nitrogen and oxygen atoms in total. The van der Waals surface area contributed by atoms with Crippen LogP contribution in [0, 0.1) is 11.7 Å². The maximum atomic E-state index is 12.8. The van der Waals surface area contributed by atoms with Gasteiger partial charge in [-0.05, 0) is 42.8 Å². The van der Waals surface area contributed by atoms with E-state index in [4.69, 9.17) is 18.0 Å². The van der Waals surface area contributed by atoms with Gasteiger partial charge in [-0.25, -0.2) is 9.18 Å². The lowest BCUT2D eigenvalue weighted by atomic mass is 9.98. The highest BCUT2D eigenvalue weighted by Crippen LogP contribution is 2.15. The van der Waals surface area contributed by atoms with Crippen LogP contribution >= 0.6 is 12.2 Å². The Morgan fingerprint density at radius 3 is 2.67 bits per heavy atom. The second kappa shape index (κ2) is 8.44. The molecule has 1 aliphatic rings. The van der Waals surface area contributed by atoms with Crippen molar-refractivity contribution in [1.29, 1.82) is 0 Å². The fourth-order valence-electron chi connectivity index (χ4n) is 2.44. The van der Waals surface area contributed by atoms with Crippen molar-refractivity contribution in [2.24, 2.45) is 11.7 Å². The first kappa shape index (κ1) is 17.9. The van der Waals surface area contributed by atoms with Crippen molar-refractivity contribution in [3.8, 4) is 0 Å². The van der Waals surface area contributed by atoms with Crippen LogP contribution in [-0.4, -0.2) is 35.0 Å². The molecular formula is C15H20FN5O2S. The molecule has 0 spiro atoms. The average Bonchev–Trinajstić information content (AvgIpc) is 2.59. The van der Waals surface area contributed by atoms with E-state index in [0.29, 0.717) is 26.1 Å². The molecule has 0 saturated carbocycles. The highest BCUT2D eigenvalue weighted by molar-refractivity contribution is 7.80. The highest BCUT2D eigenvalue weighted by atomic mass is 32.1. The van der Waals surface area contributed by atoms with Gasteiger partial charge in [-0.1, -0.05) is 12.1 Å². The van der Waals surface area contributed by atoms with Gasteiger partial charge in [0.1, 0.15) is 5.82 Å².